The molecule has 2 aromatic carbocycles. The summed E-state index contributed by atoms with van der Waals surface area (Å²) >= 11 is 3.46. The minimum absolute atomic E-state index is 0.00692. The fraction of sp³-hybridized carbons (Fsp3) is 0.300. The zero-order valence-corrected chi connectivity index (χ0v) is 16.9. The van der Waals surface area contributed by atoms with Crippen LogP contribution in [-0.2, 0) is 6.54 Å². The quantitative estimate of drug-likeness (QED) is 0.674. The van der Waals surface area contributed by atoms with Crippen molar-refractivity contribution in [1.29, 1.82) is 0 Å². The number of thiazole rings is 1. The second-order valence-electron chi connectivity index (χ2n) is 6.42. The van der Waals surface area contributed by atoms with Gasteiger partial charge < -0.3 is 15.1 Å². The molecule has 1 N–H and O–H groups in total. The minimum Gasteiger partial charge on any atom is -0.345 e. The number of benzene rings is 2. The Morgan fingerprint density at radius 3 is 2.63 bits per heavy atom. The lowest BCUT2D eigenvalue weighted by Gasteiger charge is -2.34. The number of rotatable bonds is 4. The zero-order valence-electron chi connectivity index (χ0n) is 15.2. The number of hydrogen-bond donors (Lipinski definition) is 1. The summed E-state index contributed by atoms with van der Waals surface area (Å²) in [5.41, 5.74) is 2.21. The molecule has 1 aromatic heterocycles. The van der Waals surface area contributed by atoms with Gasteiger partial charge in [-0.15, -0.1) is 11.8 Å². The summed E-state index contributed by atoms with van der Waals surface area (Å²) in [6.07, 6.45) is 2.08. The lowest BCUT2D eigenvalue weighted by atomic mass is 10.2. The Hall–Kier alpha value is -2.25. The molecule has 0 aliphatic carbocycles. The Morgan fingerprint density at radius 2 is 1.89 bits per heavy atom. The third-order valence-electron chi connectivity index (χ3n) is 4.71. The Kier molecular flexibility index (Phi) is 5.50. The van der Waals surface area contributed by atoms with Gasteiger partial charge in [0.15, 0.2) is 5.13 Å². The Bertz CT molecular complexity index is 920. The van der Waals surface area contributed by atoms with Crippen LogP contribution in [0.4, 0.5) is 9.93 Å². The number of carbonyl (C=O) groups is 1. The summed E-state index contributed by atoms with van der Waals surface area (Å²) in [6.45, 7) is 3.62. The predicted molar refractivity (Wildman–Crippen MR) is 114 cm³/mol. The molecule has 2 heterocycles. The number of thioether (sulfide) groups is 1. The second-order valence-corrected chi connectivity index (χ2v) is 8.28. The molecule has 2 amide bonds. The number of carbonyl (C=O) groups excluding carboxylic acids is 1. The van der Waals surface area contributed by atoms with E-state index in [4.69, 9.17) is 4.98 Å². The molecule has 1 fully saturated rings. The van der Waals surface area contributed by atoms with E-state index in [1.165, 1.54) is 9.60 Å². The maximum Gasteiger partial charge on any atom is 0.317 e. The van der Waals surface area contributed by atoms with E-state index in [2.05, 4.69) is 34.7 Å². The van der Waals surface area contributed by atoms with Crippen LogP contribution in [0.2, 0.25) is 0 Å². The molecule has 7 heteroatoms. The molecule has 0 bridgehead atoms. The fourth-order valence-corrected chi connectivity index (χ4v) is 4.87. The zero-order chi connectivity index (χ0) is 18.6. The summed E-state index contributed by atoms with van der Waals surface area (Å²) in [6, 6.07) is 16.3. The molecule has 1 saturated heterocycles. The molecule has 140 valence electrons. The van der Waals surface area contributed by atoms with Crippen molar-refractivity contribution in [1.82, 2.24) is 15.2 Å². The van der Waals surface area contributed by atoms with Gasteiger partial charge in [-0.2, -0.15) is 0 Å². The van der Waals surface area contributed by atoms with E-state index in [1.807, 2.05) is 35.2 Å². The van der Waals surface area contributed by atoms with Crippen LogP contribution >= 0.6 is 23.1 Å². The van der Waals surface area contributed by atoms with E-state index in [0.29, 0.717) is 19.6 Å². The molecule has 4 rings (SSSR count). The SMILES string of the molecule is CSc1cccc2sc(N3CCN(C(=O)NCc4ccccc4)CC3)nc12. The van der Waals surface area contributed by atoms with Gasteiger partial charge in [-0.1, -0.05) is 47.7 Å². The summed E-state index contributed by atoms with van der Waals surface area (Å²) in [4.78, 5) is 22.7. The molecule has 0 saturated carbocycles. The average molecular weight is 399 g/mol. The number of aromatic nitrogens is 1. The number of urea groups is 1. The third-order valence-corrected chi connectivity index (χ3v) is 6.57. The molecular formula is C20H22N4OS2. The van der Waals surface area contributed by atoms with E-state index < -0.39 is 0 Å². The van der Waals surface area contributed by atoms with Crippen molar-refractivity contribution < 1.29 is 4.79 Å². The van der Waals surface area contributed by atoms with Gasteiger partial charge in [-0.05, 0) is 24.0 Å². The fourth-order valence-electron chi connectivity index (χ4n) is 3.20. The highest BCUT2D eigenvalue weighted by Crippen LogP contribution is 2.34. The van der Waals surface area contributed by atoms with Gasteiger partial charge in [-0.3, -0.25) is 0 Å². The Balaban J connectivity index is 1.35. The number of para-hydroxylation sites is 1. The predicted octanol–water partition coefficient (Wildman–Crippen LogP) is 4.05. The Labute approximate surface area is 167 Å². The van der Waals surface area contributed by atoms with E-state index in [-0.39, 0.29) is 6.03 Å². The molecule has 1 aliphatic heterocycles. The molecule has 0 unspecified atom stereocenters. The van der Waals surface area contributed by atoms with E-state index >= 15 is 0 Å². The number of nitrogens with zero attached hydrogens (tertiary/aromatic N) is 3. The van der Waals surface area contributed by atoms with Gasteiger partial charge in [0, 0.05) is 37.6 Å². The summed E-state index contributed by atoms with van der Waals surface area (Å²) in [5.74, 6) is 0. The highest BCUT2D eigenvalue weighted by atomic mass is 32.2. The van der Waals surface area contributed by atoms with Crippen molar-refractivity contribution in [2.75, 3.05) is 37.3 Å². The largest absolute Gasteiger partial charge is 0.345 e. The van der Waals surface area contributed by atoms with Gasteiger partial charge in [0.05, 0.1) is 10.2 Å². The van der Waals surface area contributed by atoms with Crippen LogP contribution in [0.5, 0.6) is 0 Å². The lowest BCUT2D eigenvalue weighted by molar-refractivity contribution is 0.194. The smallest absolute Gasteiger partial charge is 0.317 e. The van der Waals surface area contributed by atoms with Crippen LogP contribution in [0, 0.1) is 0 Å². The average Bonchev–Trinajstić information content (AvgIpc) is 3.17. The van der Waals surface area contributed by atoms with Crippen LogP contribution in [0.25, 0.3) is 10.2 Å². The van der Waals surface area contributed by atoms with Gasteiger partial charge in [0.25, 0.3) is 0 Å². The van der Waals surface area contributed by atoms with E-state index in [0.717, 1.165) is 29.3 Å². The maximum atomic E-state index is 12.4. The number of nitrogens with one attached hydrogen (secondary N) is 1. The van der Waals surface area contributed by atoms with Crippen molar-refractivity contribution >= 4 is 44.5 Å². The molecule has 5 nitrogen and oxygen atoms in total. The second kappa shape index (κ2) is 8.19. The lowest BCUT2D eigenvalue weighted by Crippen LogP contribution is -2.51. The Morgan fingerprint density at radius 1 is 1.11 bits per heavy atom. The topological polar surface area (TPSA) is 48.5 Å². The molecule has 0 atom stereocenters. The van der Waals surface area contributed by atoms with Gasteiger partial charge in [0.1, 0.15) is 0 Å². The van der Waals surface area contributed by atoms with Crippen LogP contribution in [0.3, 0.4) is 0 Å². The standard InChI is InChI=1S/C20H22N4OS2/c1-26-16-8-5-9-17-18(16)22-20(27-17)24-12-10-23(11-13-24)19(25)21-14-15-6-3-2-4-7-15/h2-9H,10-14H2,1H3,(H,21,25). The first-order valence-electron chi connectivity index (χ1n) is 9.00. The first-order valence-corrected chi connectivity index (χ1v) is 11.0. The van der Waals surface area contributed by atoms with Crippen LogP contribution in [-0.4, -0.2) is 48.3 Å². The van der Waals surface area contributed by atoms with Gasteiger partial charge in [-0.25, -0.2) is 9.78 Å². The van der Waals surface area contributed by atoms with Crippen LogP contribution in [0.15, 0.2) is 53.4 Å². The molecule has 0 radical (unpaired) electrons. The van der Waals surface area contributed by atoms with E-state index in [9.17, 15) is 4.79 Å². The minimum atomic E-state index is 0.00692. The van der Waals surface area contributed by atoms with Crippen molar-refractivity contribution in [2.45, 2.75) is 11.4 Å². The van der Waals surface area contributed by atoms with Gasteiger partial charge in [0.2, 0.25) is 0 Å². The van der Waals surface area contributed by atoms with Crippen LogP contribution in [0.1, 0.15) is 5.56 Å². The summed E-state index contributed by atoms with van der Waals surface area (Å²) < 4.78 is 1.22. The first kappa shape index (κ1) is 18.1. The van der Waals surface area contributed by atoms with Gasteiger partial charge >= 0.3 is 6.03 Å². The maximum absolute atomic E-state index is 12.4. The summed E-state index contributed by atoms with van der Waals surface area (Å²) in [7, 11) is 0. The number of amides is 2. The number of fused-ring (bicyclic) bond motifs is 1. The molecule has 0 spiro atoms. The normalized spacial score (nSPS) is 14.6. The number of anilines is 1. The monoisotopic (exact) mass is 398 g/mol. The number of hydrogen-bond acceptors (Lipinski definition) is 5. The highest BCUT2D eigenvalue weighted by Gasteiger charge is 2.23. The molecule has 3 aromatic rings. The highest BCUT2D eigenvalue weighted by molar-refractivity contribution is 7.98. The molecule has 1 aliphatic rings. The first-order chi connectivity index (χ1) is 13.2. The van der Waals surface area contributed by atoms with Crippen LogP contribution < -0.4 is 10.2 Å². The van der Waals surface area contributed by atoms with Crippen molar-refractivity contribution in [3.63, 3.8) is 0 Å². The summed E-state index contributed by atoms with van der Waals surface area (Å²) in [5, 5.41) is 4.06. The third kappa shape index (κ3) is 4.04. The molecule has 27 heavy (non-hydrogen) atoms. The van der Waals surface area contributed by atoms with E-state index in [1.54, 1.807) is 23.1 Å². The molecular weight excluding hydrogens is 376 g/mol. The van der Waals surface area contributed by atoms with Crippen molar-refractivity contribution in [2.24, 2.45) is 0 Å². The van der Waals surface area contributed by atoms with Crippen molar-refractivity contribution in [3.8, 4) is 0 Å². The number of piperazine rings is 1. The van der Waals surface area contributed by atoms with Crippen molar-refractivity contribution in [3.05, 3.63) is 54.1 Å².